The molecule has 1 N–H and O–H groups in total. The first-order chi connectivity index (χ1) is 13.2. The van der Waals surface area contributed by atoms with Gasteiger partial charge in [-0.25, -0.2) is 4.98 Å². The van der Waals surface area contributed by atoms with Gasteiger partial charge in [-0.2, -0.15) is 10.2 Å². The first kappa shape index (κ1) is 17.9. The number of hydrogen-bond acceptors (Lipinski definition) is 9. The second kappa shape index (κ2) is 8.94. The van der Waals surface area contributed by atoms with Crippen molar-refractivity contribution in [3.8, 4) is 11.8 Å². The number of aryl methyl sites for hydroxylation is 2. The smallest absolute Gasteiger partial charge is 0.241 e. The van der Waals surface area contributed by atoms with Gasteiger partial charge in [0.05, 0.1) is 12.0 Å². The molecular weight excluding hydrogens is 346 g/mol. The lowest BCUT2D eigenvalue weighted by Gasteiger charge is -2.05. The van der Waals surface area contributed by atoms with E-state index in [-0.39, 0.29) is 0 Å². The van der Waals surface area contributed by atoms with E-state index in [0.29, 0.717) is 23.4 Å². The van der Waals surface area contributed by atoms with E-state index in [0.717, 1.165) is 5.69 Å². The molecule has 10 heteroatoms. The fourth-order valence-corrected chi connectivity index (χ4v) is 1.81. The minimum Gasteiger partial charge on any atom is -0.417 e. The SMILES string of the molecule is Cc1ccc(Nc2ccc(Oc3cccnn3)nn2)nn1.Cn1ccnc1. The van der Waals surface area contributed by atoms with E-state index >= 15 is 0 Å². The Morgan fingerprint density at radius 2 is 1.63 bits per heavy atom. The van der Waals surface area contributed by atoms with Crippen molar-refractivity contribution in [3.05, 3.63) is 67.0 Å². The molecule has 4 aromatic heterocycles. The highest BCUT2D eigenvalue weighted by Crippen LogP contribution is 2.17. The van der Waals surface area contributed by atoms with Crippen LogP contribution in [-0.2, 0) is 7.05 Å². The molecule has 0 radical (unpaired) electrons. The number of aromatic nitrogens is 8. The molecule has 27 heavy (non-hydrogen) atoms. The van der Waals surface area contributed by atoms with Crippen LogP contribution in [0.15, 0.2) is 61.3 Å². The average Bonchev–Trinajstić information content (AvgIpc) is 3.18. The molecule has 136 valence electrons. The van der Waals surface area contributed by atoms with Gasteiger partial charge in [0.2, 0.25) is 11.8 Å². The van der Waals surface area contributed by atoms with E-state index < -0.39 is 0 Å². The molecular formula is C17H17N9O. The van der Waals surface area contributed by atoms with Crippen LogP contribution in [0.4, 0.5) is 11.6 Å². The van der Waals surface area contributed by atoms with Crippen LogP contribution in [0.1, 0.15) is 5.69 Å². The van der Waals surface area contributed by atoms with Gasteiger partial charge >= 0.3 is 0 Å². The Kier molecular flexibility index (Phi) is 5.92. The Morgan fingerprint density at radius 3 is 2.15 bits per heavy atom. The Bertz CT molecular complexity index is 927. The predicted octanol–water partition coefficient (Wildman–Crippen LogP) is 2.32. The van der Waals surface area contributed by atoms with Gasteiger partial charge in [0.15, 0.2) is 11.6 Å². The summed E-state index contributed by atoms with van der Waals surface area (Å²) in [5, 5.41) is 26.4. The number of nitrogens with one attached hydrogen (secondary N) is 1. The summed E-state index contributed by atoms with van der Waals surface area (Å²) in [6.45, 7) is 1.87. The van der Waals surface area contributed by atoms with Crippen molar-refractivity contribution in [2.45, 2.75) is 6.92 Å². The molecule has 4 aromatic rings. The topological polar surface area (TPSA) is 116 Å². The summed E-state index contributed by atoms with van der Waals surface area (Å²) in [7, 11) is 1.94. The summed E-state index contributed by atoms with van der Waals surface area (Å²) in [6, 6.07) is 10.5. The van der Waals surface area contributed by atoms with Crippen molar-refractivity contribution >= 4 is 11.6 Å². The summed E-state index contributed by atoms with van der Waals surface area (Å²) < 4.78 is 7.29. The summed E-state index contributed by atoms with van der Waals surface area (Å²) in [6.07, 6.45) is 6.95. The molecule has 0 saturated heterocycles. The molecule has 0 aliphatic rings. The van der Waals surface area contributed by atoms with Gasteiger partial charge in [0, 0.05) is 37.8 Å². The van der Waals surface area contributed by atoms with Gasteiger partial charge < -0.3 is 14.6 Å². The normalized spacial score (nSPS) is 9.85. The highest BCUT2D eigenvalue weighted by molar-refractivity contribution is 5.50. The monoisotopic (exact) mass is 363 g/mol. The lowest BCUT2D eigenvalue weighted by molar-refractivity contribution is 0.431. The molecule has 0 aliphatic carbocycles. The van der Waals surface area contributed by atoms with Gasteiger partial charge in [0.25, 0.3) is 0 Å². The quantitative estimate of drug-likeness (QED) is 0.583. The van der Waals surface area contributed by atoms with Gasteiger partial charge in [-0.05, 0) is 31.2 Å². The van der Waals surface area contributed by atoms with Crippen molar-refractivity contribution in [2.24, 2.45) is 7.05 Å². The molecule has 0 bridgehead atoms. The molecule has 4 rings (SSSR count). The molecule has 10 nitrogen and oxygen atoms in total. The first-order valence-corrected chi connectivity index (χ1v) is 7.97. The van der Waals surface area contributed by atoms with E-state index in [1.807, 2.05) is 36.9 Å². The maximum absolute atomic E-state index is 5.40. The Labute approximate surface area is 155 Å². The first-order valence-electron chi connectivity index (χ1n) is 7.97. The third-order valence-electron chi connectivity index (χ3n) is 3.09. The number of hydrogen-bond donors (Lipinski definition) is 1. The molecule has 0 aromatic carbocycles. The molecule has 0 atom stereocenters. The highest BCUT2D eigenvalue weighted by Gasteiger charge is 2.03. The van der Waals surface area contributed by atoms with Crippen LogP contribution in [-0.4, -0.2) is 40.1 Å². The summed E-state index contributed by atoms with van der Waals surface area (Å²) >= 11 is 0. The third-order valence-corrected chi connectivity index (χ3v) is 3.09. The van der Waals surface area contributed by atoms with Crippen LogP contribution >= 0.6 is 0 Å². The second-order valence-corrected chi connectivity index (χ2v) is 5.33. The Morgan fingerprint density at radius 1 is 0.852 bits per heavy atom. The summed E-state index contributed by atoms with van der Waals surface area (Å²) in [4.78, 5) is 3.78. The zero-order valence-electron chi connectivity index (χ0n) is 14.8. The van der Waals surface area contributed by atoms with Crippen LogP contribution in [0.5, 0.6) is 11.8 Å². The minimum absolute atomic E-state index is 0.330. The number of rotatable bonds is 4. The van der Waals surface area contributed by atoms with Crippen LogP contribution in [0.2, 0.25) is 0 Å². The van der Waals surface area contributed by atoms with Crippen LogP contribution in [0.3, 0.4) is 0 Å². The summed E-state index contributed by atoms with van der Waals surface area (Å²) in [5.41, 5.74) is 0.847. The van der Waals surface area contributed by atoms with Gasteiger partial charge in [-0.15, -0.1) is 20.4 Å². The van der Waals surface area contributed by atoms with E-state index in [4.69, 9.17) is 4.74 Å². The van der Waals surface area contributed by atoms with E-state index in [9.17, 15) is 0 Å². The number of ether oxygens (including phenoxy) is 1. The molecule has 0 amide bonds. The van der Waals surface area contributed by atoms with E-state index in [2.05, 4.69) is 40.9 Å². The third kappa shape index (κ3) is 5.81. The van der Waals surface area contributed by atoms with Crippen molar-refractivity contribution in [2.75, 3.05) is 5.32 Å². The van der Waals surface area contributed by atoms with Gasteiger partial charge in [0.1, 0.15) is 0 Å². The summed E-state index contributed by atoms with van der Waals surface area (Å²) in [5.74, 6) is 1.82. The minimum atomic E-state index is 0.330. The predicted molar refractivity (Wildman–Crippen MR) is 97.4 cm³/mol. The standard InChI is InChI=1S/C13H11N7O.C4H6N2/c1-9-4-5-10(17-16-9)15-11-6-7-13(20-18-11)21-12-3-2-8-14-19-12;1-6-3-2-5-4-6/h2-8H,1H3,(H,15,17,18);2-4H,1H3. The molecule has 4 heterocycles. The Balaban J connectivity index is 0.000000299. The van der Waals surface area contributed by atoms with Gasteiger partial charge in [-0.3, -0.25) is 0 Å². The zero-order valence-corrected chi connectivity index (χ0v) is 14.8. The van der Waals surface area contributed by atoms with Crippen LogP contribution in [0, 0.1) is 6.92 Å². The highest BCUT2D eigenvalue weighted by atomic mass is 16.5. The average molecular weight is 363 g/mol. The Hall–Kier alpha value is -3.95. The van der Waals surface area contributed by atoms with E-state index in [1.54, 1.807) is 43.0 Å². The molecule has 0 aliphatic heterocycles. The number of nitrogens with zero attached hydrogens (tertiary/aromatic N) is 8. The molecule has 0 fully saturated rings. The number of imidazole rings is 1. The maximum Gasteiger partial charge on any atom is 0.241 e. The fraction of sp³-hybridized carbons (Fsp3) is 0.118. The largest absolute Gasteiger partial charge is 0.417 e. The fourth-order valence-electron chi connectivity index (χ4n) is 1.81. The lowest BCUT2D eigenvalue weighted by Crippen LogP contribution is -2.00. The van der Waals surface area contributed by atoms with Crippen molar-refractivity contribution in [3.63, 3.8) is 0 Å². The van der Waals surface area contributed by atoms with Crippen LogP contribution in [0.25, 0.3) is 0 Å². The zero-order chi connectivity index (χ0) is 18.9. The van der Waals surface area contributed by atoms with E-state index in [1.165, 1.54) is 0 Å². The maximum atomic E-state index is 5.40. The molecule has 0 unspecified atom stereocenters. The van der Waals surface area contributed by atoms with Crippen LogP contribution < -0.4 is 10.1 Å². The van der Waals surface area contributed by atoms with Gasteiger partial charge in [-0.1, -0.05) is 0 Å². The van der Waals surface area contributed by atoms with Crippen molar-refractivity contribution < 1.29 is 4.74 Å². The molecule has 0 saturated carbocycles. The van der Waals surface area contributed by atoms with Crippen molar-refractivity contribution in [1.29, 1.82) is 0 Å². The lowest BCUT2D eigenvalue weighted by atomic mass is 10.4. The second-order valence-electron chi connectivity index (χ2n) is 5.33. The number of anilines is 2. The van der Waals surface area contributed by atoms with Crippen molar-refractivity contribution in [1.82, 2.24) is 40.1 Å². The molecule has 0 spiro atoms.